The van der Waals surface area contributed by atoms with E-state index in [0.29, 0.717) is 5.02 Å². The maximum atomic E-state index is 6.39. The van der Waals surface area contributed by atoms with Gasteiger partial charge < -0.3 is 10.6 Å². The van der Waals surface area contributed by atoms with E-state index >= 15 is 0 Å². The Kier molecular flexibility index (Phi) is 3.90. The van der Waals surface area contributed by atoms with Crippen LogP contribution in [-0.2, 0) is 0 Å². The van der Waals surface area contributed by atoms with Crippen LogP contribution in [0.4, 0.5) is 17.2 Å². The van der Waals surface area contributed by atoms with Crippen LogP contribution in [0.3, 0.4) is 0 Å². The van der Waals surface area contributed by atoms with Crippen LogP contribution in [0.15, 0.2) is 48.9 Å². The first-order valence-electron chi connectivity index (χ1n) is 9.21. The van der Waals surface area contributed by atoms with Gasteiger partial charge >= 0.3 is 0 Å². The zero-order valence-corrected chi connectivity index (χ0v) is 15.8. The molecule has 27 heavy (non-hydrogen) atoms. The highest BCUT2D eigenvalue weighted by Gasteiger charge is 2.20. The third-order valence-corrected chi connectivity index (χ3v) is 5.42. The summed E-state index contributed by atoms with van der Waals surface area (Å²) in [7, 11) is 0. The summed E-state index contributed by atoms with van der Waals surface area (Å²) in [5.74, 6) is 1.58. The van der Waals surface area contributed by atoms with Gasteiger partial charge in [-0.15, -0.1) is 0 Å². The van der Waals surface area contributed by atoms with Crippen molar-refractivity contribution in [1.29, 1.82) is 0 Å². The normalized spacial score (nSPS) is 14.0. The Morgan fingerprint density at radius 1 is 1.19 bits per heavy atom. The van der Waals surface area contributed by atoms with Gasteiger partial charge in [-0.3, -0.25) is 4.40 Å². The standard InChI is InChI=1S/C21H20ClN5/c1-13-3-2-4-16(22)20(13)26-21-19-11-23-12-27(19)18-9-15(7-8-17(18)25-21)24-10-14-5-6-14/h2-4,7-9,11-12,14,24H,5-6,10H2,1H3,(H,25,26). The summed E-state index contributed by atoms with van der Waals surface area (Å²) in [4.78, 5) is 9.19. The molecule has 0 bridgehead atoms. The van der Waals surface area contributed by atoms with Crippen LogP contribution >= 0.6 is 11.6 Å². The number of nitrogens with zero attached hydrogens (tertiary/aromatic N) is 3. The van der Waals surface area contributed by atoms with Gasteiger partial charge in [-0.2, -0.15) is 0 Å². The molecule has 0 unspecified atom stereocenters. The zero-order valence-electron chi connectivity index (χ0n) is 15.0. The Morgan fingerprint density at radius 3 is 2.89 bits per heavy atom. The minimum atomic E-state index is 0.675. The van der Waals surface area contributed by atoms with Crippen LogP contribution in [0.25, 0.3) is 16.6 Å². The molecule has 2 N–H and O–H groups in total. The average molecular weight is 378 g/mol. The Labute approximate surface area is 162 Å². The van der Waals surface area contributed by atoms with Gasteiger partial charge in [0.2, 0.25) is 0 Å². The summed E-state index contributed by atoms with van der Waals surface area (Å²) >= 11 is 6.39. The van der Waals surface area contributed by atoms with Gasteiger partial charge in [-0.1, -0.05) is 23.7 Å². The molecule has 2 aromatic heterocycles. The van der Waals surface area contributed by atoms with E-state index in [1.165, 1.54) is 12.8 Å². The van der Waals surface area contributed by atoms with Crippen molar-refractivity contribution in [3.05, 3.63) is 59.5 Å². The van der Waals surface area contributed by atoms with Crippen LogP contribution in [0, 0.1) is 12.8 Å². The third kappa shape index (κ3) is 3.08. The highest BCUT2D eigenvalue weighted by atomic mass is 35.5. The minimum Gasteiger partial charge on any atom is -0.385 e. The van der Waals surface area contributed by atoms with E-state index in [-0.39, 0.29) is 0 Å². The number of benzene rings is 2. The number of fused-ring (bicyclic) bond motifs is 3. The fraction of sp³-hybridized carbons (Fsp3) is 0.238. The molecule has 1 aliphatic carbocycles. The molecule has 6 heteroatoms. The lowest BCUT2D eigenvalue weighted by atomic mass is 10.2. The second-order valence-electron chi connectivity index (χ2n) is 7.19. The first-order valence-corrected chi connectivity index (χ1v) is 9.58. The van der Waals surface area contributed by atoms with Crippen LogP contribution < -0.4 is 10.6 Å². The van der Waals surface area contributed by atoms with Crippen molar-refractivity contribution in [3.8, 4) is 0 Å². The van der Waals surface area contributed by atoms with E-state index in [0.717, 1.165) is 51.8 Å². The van der Waals surface area contributed by atoms with E-state index in [1.807, 2.05) is 37.6 Å². The number of aryl methyl sites for hydroxylation is 1. The molecule has 4 aromatic rings. The highest BCUT2D eigenvalue weighted by Crippen LogP contribution is 2.32. The number of hydrogen-bond donors (Lipinski definition) is 2. The maximum Gasteiger partial charge on any atom is 0.157 e. The number of hydrogen-bond acceptors (Lipinski definition) is 4. The first kappa shape index (κ1) is 16.4. The molecule has 136 valence electrons. The van der Waals surface area contributed by atoms with E-state index in [1.54, 1.807) is 0 Å². The Hall–Kier alpha value is -2.79. The lowest BCUT2D eigenvalue weighted by molar-refractivity contribution is 0.889. The fourth-order valence-electron chi connectivity index (χ4n) is 3.35. The molecular weight excluding hydrogens is 358 g/mol. The van der Waals surface area contributed by atoms with Crippen molar-refractivity contribution in [2.75, 3.05) is 17.2 Å². The number of imidazole rings is 1. The van der Waals surface area contributed by atoms with E-state index in [9.17, 15) is 0 Å². The van der Waals surface area contributed by atoms with Crippen LogP contribution in [0.2, 0.25) is 5.02 Å². The molecule has 1 fully saturated rings. The van der Waals surface area contributed by atoms with Gasteiger partial charge in [0, 0.05) is 12.2 Å². The molecular formula is C21H20ClN5. The van der Waals surface area contributed by atoms with Gasteiger partial charge in [0.05, 0.1) is 34.3 Å². The Bertz CT molecular complexity index is 1130. The molecule has 5 rings (SSSR count). The second kappa shape index (κ2) is 6.43. The molecule has 0 atom stereocenters. The van der Waals surface area contributed by atoms with Gasteiger partial charge in [0.15, 0.2) is 5.82 Å². The van der Waals surface area contributed by atoms with E-state index < -0.39 is 0 Å². The molecule has 2 heterocycles. The summed E-state index contributed by atoms with van der Waals surface area (Å²) in [5, 5.41) is 7.61. The van der Waals surface area contributed by atoms with Crippen molar-refractivity contribution in [2.24, 2.45) is 5.92 Å². The van der Waals surface area contributed by atoms with E-state index in [4.69, 9.17) is 16.6 Å². The smallest absolute Gasteiger partial charge is 0.157 e. The molecule has 2 aromatic carbocycles. The first-order chi connectivity index (χ1) is 13.2. The molecule has 0 spiro atoms. The maximum absolute atomic E-state index is 6.39. The number of anilines is 3. The minimum absolute atomic E-state index is 0.675. The molecule has 0 saturated heterocycles. The van der Waals surface area contributed by atoms with Gasteiger partial charge in [-0.05, 0) is 55.5 Å². The van der Waals surface area contributed by atoms with Crippen molar-refractivity contribution < 1.29 is 0 Å². The predicted octanol–water partition coefficient (Wildman–Crippen LogP) is 5.41. The summed E-state index contributed by atoms with van der Waals surface area (Å²) < 4.78 is 2.07. The van der Waals surface area contributed by atoms with Crippen molar-refractivity contribution in [2.45, 2.75) is 19.8 Å². The number of para-hydroxylation sites is 1. The SMILES string of the molecule is Cc1cccc(Cl)c1Nc1nc2ccc(NCC3CC3)cc2n2cncc12. The second-order valence-corrected chi connectivity index (χ2v) is 7.60. The topological polar surface area (TPSA) is 54.2 Å². The monoisotopic (exact) mass is 377 g/mol. The van der Waals surface area contributed by atoms with Crippen molar-refractivity contribution in [1.82, 2.24) is 14.4 Å². The van der Waals surface area contributed by atoms with Crippen LogP contribution in [-0.4, -0.2) is 20.9 Å². The van der Waals surface area contributed by atoms with Crippen LogP contribution in [0.1, 0.15) is 18.4 Å². The molecule has 1 aliphatic rings. The quantitative estimate of drug-likeness (QED) is 0.488. The van der Waals surface area contributed by atoms with Crippen LogP contribution in [0.5, 0.6) is 0 Å². The fourth-order valence-corrected chi connectivity index (χ4v) is 3.61. The van der Waals surface area contributed by atoms with Gasteiger partial charge in [-0.25, -0.2) is 9.97 Å². The number of nitrogens with one attached hydrogen (secondary N) is 2. The molecule has 0 aliphatic heterocycles. The molecule has 5 nitrogen and oxygen atoms in total. The summed E-state index contributed by atoms with van der Waals surface area (Å²) in [6.45, 7) is 3.07. The molecule has 0 amide bonds. The van der Waals surface area contributed by atoms with Gasteiger partial charge in [0.25, 0.3) is 0 Å². The van der Waals surface area contributed by atoms with Gasteiger partial charge in [0.1, 0.15) is 5.52 Å². The Balaban J connectivity index is 1.58. The molecule has 1 saturated carbocycles. The number of rotatable bonds is 5. The average Bonchev–Trinajstić information content (AvgIpc) is 3.36. The summed E-state index contributed by atoms with van der Waals surface area (Å²) in [6.07, 6.45) is 6.33. The Morgan fingerprint density at radius 2 is 2.07 bits per heavy atom. The predicted molar refractivity (Wildman–Crippen MR) is 111 cm³/mol. The lowest BCUT2D eigenvalue weighted by Crippen LogP contribution is -2.04. The lowest BCUT2D eigenvalue weighted by Gasteiger charge is -2.14. The molecule has 0 radical (unpaired) electrons. The number of aromatic nitrogens is 3. The number of halogens is 1. The van der Waals surface area contributed by atoms with E-state index in [2.05, 4.69) is 38.2 Å². The summed E-state index contributed by atoms with van der Waals surface area (Å²) in [6, 6.07) is 12.1. The van der Waals surface area contributed by atoms with Crippen molar-refractivity contribution >= 4 is 45.3 Å². The zero-order chi connectivity index (χ0) is 18.4. The van der Waals surface area contributed by atoms with Crippen molar-refractivity contribution in [3.63, 3.8) is 0 Å². The summed E-state index contributed by atoms with van der Waals surface area (Å²) in [5.41, 5.74) is 5.92. The largest absolute Gasteiger partial charge is 0.385 e. The third-order valence-electron chi connectivity index (χ3n) is 5.11. The highest BCUT2D eigenvalue weighted by molar-refractivity contribution is 6.33.